The van der Waals surface area contributed by atoms with Gasteiger partial charge >= 0.3 is 0 Å². The Balaban J connectivity index is 0.000000280. The average molecular weight is 289 g/mol. The van der Waals surface area contributed by atoms with Gasteiger partial charge in [0.2, 0.25) is 0 Å². The van der Waals surface area contributed by atoms with Crippen molar-refractivity contribution in [3.8, 4) is 5.75 Å². The standard InChI is InChI=1S/C8H11O.C5H5.Ru/c1-2-7-9-8-5-3-4-6-8;1-2-4-5-3-1;/h3-6H,2,7H2,1H3;1-5H;/q-1;-5;. The summed E-state index contributed by atoms with van der Waals surface area (Å²) in [6.45, 7) is 2.92. The molecule has 2 rings (SSSR count). The smallest absolute Gasteiger partial charge is 0.0711 e. The van der Waals surface area contributed by atoms with Crippen molar-refractivity contribution in [3.05, 3.63) is 54.6 Å². The summed E-state index contributed by atoms with van der Waals surface area (Å²) >= 11 is 0. The van der Waals surface area contributed by atoms with Crippen molar-refractivity contribution in [1.29, 1.82) is 0 Å². The summed E-state index contributed by atoms with van der Waals surface area (Å²) in [5, 5.41) is 0. The minimum absolute atomic E-state index is 0. The molecule has 88 valence electrons. The van der Waals surface area contributed by atoms with Crippen molar-refractivity contribution in [3.63, 3.8) is 0 Å². The summed E-state index contributed by atoms with van der Waals surface area (Å²) in [7, 11) is 0. The van der Waals surface area contributed by atoms with E-state index < -0.39 is 0 Å². The van der Waals surface area contributed by atoms with Crippen molar-refractivity contribution in [1.82, 2.24) is 0 Å². The summed E-state index contributed by atoms with van der Waals surface area (Å²) in [5.41, 5.74) is 0. The van der Waals surface area contributed by atoms with E-state index in [9.17, 15) is 0 Å². The molecule has 0 spiro atoms. The number of hydrogen-bond acceptors (Lipinski definition) is 1. The Hall–Kier alpha value is -0.877. The second kappa shape index (κ2) is 9.67. The van der Waals surface area contributed by atoms with Gasteiger partial charge in [-0.2, -0.15) is 0 Å². The second-order valence-electron chi connectivity index (χ2n) is 2.93. The van der Waals surface area contributed by atoms with E-state index in [1.165, 1.54) is 0 Å². The fourth-order valence-electron chi connectivity index (χ4n) is 0.993. The molecule has 0 atom stereocenters. The largest absolute Gasteiger partial charge is 0.748 e. The molecule has 0 saturated heterocycles. The van der Waals surface area contributed by atoms with Crippen molar-refractivity contribution in [2.75, 3.05) is 6.61 Å². The minimum atomic E-state index is 0. The molecule has 1 nitrogen and oxygen atoms in total. The molecular formula is C13H16ORu-6. The van der Waals surface area contributed by atoms with Gasteiger partial charge in [0.15, 0.2) is 0 Å². The molecule has 0 aliphatic heterocycles. The molecule has 0 aliphatic rings. The van der Waals surface area contributed by atoms with Gasteiger partial charge in [0.1, 0.15) is 0 Å². The Kier molecular flexibility index (Phi) is 9.10. The Labute approximate surface area is 105 Å². The van der Waals surface area contributed by atoms with E-state index in [2.05, 4.69) is 6.92 Å². The fourth-order valence-corrected chi connectivity index (χ4v) is 0.993. The Morgan fingerprint density at radius 2 is 1.47 bits per heavy atom. The first-order valence-electron chi connectivity index (χ1n) is 4.94. The molecule has 0 radical (unpaired) electrons. The summed E-state index contributed by atoms with van der Waals surface area (Å²) < 4.78 is 5.30. The maximum Gasteiger partial charge on any atom is 0.0711 e. The zero-order valence-electron chi connectivity index (χ0n) is 8.87. The van der Waals surface area contributed by atoms with Crippen molar-refractivity contribution in [2.45, 2.75) is 13.3 Å². The molecule has 0 bridgehead atoms. The molecule has 2 aromatic rings. The van der Waals surface area contributed by atoms with Gasteiger partial charge in [0.05, 0.1) is 6.61 Å². The zero-order chi connectivity index (χ0) is 10.1. The van der Waals surface area contributed by atoms with Gasteiger partial charge < -0.3 is 35.1 Å². The van der Waals surface area contributed by atoms with E-state index in [0.29, 0.717) is 0 Å². The van der Waals surface area contributed by atoms with E-state index in [0.717, 1.165) is 18.8 Å². The van der Waals surface area contributed by atoms with Crippen LogP contribution in [-0.4, -0.2) is 6.61 Å². The molecule has 0 saturated carbocycles. The first-order valence-corrected chi connectivity index (χ1v) is 4.94. The quantitative estimate of drug-likeness (QED) is 0.620. The summed E-state index contributed by atoms with van der Waals surface area (Å²) in [4.78, 5) is 0. The van der Waals surface area contributed by atoms with Crippen LogP contribution in [0.15, 0.2) is 54.6 Å². The summed E-state index contributed by atoms with van der Waals surface area (Å²) in [6.07, 6.45) is 1.07. The monoisotopic (exact) mass is 290 g/mol. The molecule has 0 unspecified atom stereocenters. The zero-order valence-corrected chi connectivity index (χ0v) is 10.6. The Morgan fingerprint density at radius 3 is 1.87 bits per heavy atom. The number of rotatable bonds is 3. The van der Waals surface area contributed by atoms with E-state index in [1.54, 1.807) is 0 Å². The van der Waals surface area contributed by atoms with Gasteiger partial charge in [-0.1, -0.05) is 6.92 Å². The van der Waals surface area contributed by atoms with Crippen LogP contribution in [0.5, 0.6) is 5.75 Å². The van der Waals surface area contributed by atoms with Crippen LogP contribution in [0, 0.1) is 0 Å². The van der Waals surface area contributed by atoms with E-state index >= 15 is 0 Å². The van der Waals surface area contributed by atoms with Gasteiger partial charge in [-0.15, -0.1) is 12.1 Å². The van der Waals surface area contributed by atoms with Crippen molar-refractivity contribution < 1.29 is 24.2 Å². The van der Waals surface area contributed by atoms with Crippen LogP contribution in [0.4, 0.5) is 0 Å². The predicted molar refractivity (Wildman–Crippen MR) is 59.9 cm³/mol. The summed E-state index contributed by atoms with van der Waals surface area (Å²) in [6, 6.07) is 17.9. The first-order chi connectivity index (χ1) is 6.93. The molecule has 0 fully saturated rings. The van der Waals surface area contributed by atoms with Crippen LogP contribution in [0.2, 0.25) is 0 Å². The van der Waals surface area contributed by atoms with Crippen LogP contribution >= 0.6 is 0 Å². The average Bonchev–Trinajstić information content (AvgIpc) is 2.90. The second-order valence-corrected chi connectivity index (χ2v) is 2.93. The first kappa shape index (κ1) is 14.1. The number of ether oxygens (including phenoxy) is 1. The third-order valence-corrected chi connectivity index (χ3v) is 1.66. The van der Waals surface area contributed by atoms with E-state index in [4.69, 9.17) is 4.74 Å². The van der Waals surface area contributed by atoms with Gasteiger partial charge in [0.25, 0.3) is 0 Å². The van der Waals surface area contributed by atoms with Crippen molar-refractivity contribution in [2.24, 2.45) is 0 Å². The predicted octanol–water partition coefficient (Wildman–Crippen LogP) is 3.60. The van der Waals surface area contributed by atoms with Crippen LogP contribution in [0.25, 0.3) is 0 Å². The molecule has 15 heavy (non-hydrogen) atoms. The van der Waals surface area contributed by atoms with Gasteiger partial charge in [-0.05, 0) is 6.42 Å². The molecule has 0 N–H and O–H groups in total. The molecule has 2 aromatic carbocycles. The maximum absolute atomic E-state index is 5.30. The van der Waals surface area contributed by atoms with Crippen LogP contribution in [0.1, 0.15) is 13.3 Å². The normalized spacial score (nSPS) is 8.33. The van der Waals surface area contributed by atoms with E-state index in [1.807, 2.05) is 54.6 Å². The Morgan fingerprint density at radius 1 is 1.00 bits per heavy atom. The molecule has 0 aromatic heterocycles. The van der Waals surface area contributed by atoms with Gasteiger partial charge in [0, 0.05) is 25.2 Å². The SMILES string of the molecule is CCCO[c-]1cccc1.[Ru].[cH-]1[cH-][cH-][cH-][cH-]1. The van der Waals surface area contributed by atoms with Gasteiger partial charge in [-0.25, -0.2) is 12.1 Å². The minimum Gasteiger partial charge on any atom is -0.748 e. The molecular weight excluding hydrogens is 273 g/mol. The maximum atomic E-state index is 5.30. The third kappa shape index (κ3) is 7.10. The molecule has 2 heteroatoms. The molecule has 0 aliphatic carbocycles. The topological polar surface area (TPSA) is 9.23 Å². The molecule has 0 heterocycles. The van der Waals surface area contributed by atoms with Crippen molar-refractivity contribution >= 4 is 0 Å². The van der Waals surface area contributed by atoms with Crippen LogP contribution < -0.4 is 4.74 Å². The van der Waals surface area contributed by atoms with Crippen LogP contribution in [-0.2, 0) is 19.5 Å². The van der Waals surface area contributed by atoms with E-state index in [-0.39, 0.29) is 19.5 Å². The fraction of sp³-hybridized carbons (Fsp3) is 0.231. The third-order valence-electron chi connectivity index (χ3n) is 1.66. The van der Waals surface area contributed by atoms with Crippen LogP contribution in [0.3, 0.4) is 0 Å². The molecule has 0 amide bonds. The number of hydrogen-bond donors (Lipinski definition) is 0. The summed E-state index contributed by atoms with van der Waals surface area (Å²) in [5.74, 6) is 0.983. The Bertz CT molecular complexity index is 267. The van der Waals surface area contributed by atoms with Gasteiger partial charge in [-0.3, -0.25) is 0 Å².